The smallest absolute Gasteiger partial charge is 0.161 e. The largest absolute Gasteiger partial charge is 0.490 e. The SMILES string of the molecule is CNC(c1ccc2c(c1)OCCCO2)C1CCCCS1. The molecule has 2 atom stereocenters. The third kappa shape index (κ3) is 3.07. The minimum atomic E-state index is 0.400. The molecular formula is C16H23NO2S. The molecule has 4 heteroatoms. The number of thioether (sulfide) groups is 1. The highest BCUT2D eigenvalue weighted by atomic mass is 32.2. The highest BCUT2D eigenvalue weighted by Gasteiger charge is 2.25. The molecule has 1 fully saturated rings. The zero-order chi connectivity index (χ0) is 13.8. The Bertz CT molecular complexity index is 446. The van der Waals surface area contributed by atoms with Gasteiger partial charge in [0.15, 0.2) is 11.5 Å². The zero-order valence-electron chi connectivity index (χ0n) is 12.1. The lowest BCUT2D eigenvalue weighted by molar-refractivity contribution is 0.297. The molecule has 0 spiro atoms. The van der Waals surface area contributed by atoms with Crippen LogP contribution in [0.25, 0.3) is 0 Å². The molecule has 1 aromatic carbocycles. The van der Waals surface area contributed by atoms with Gasteiger partial charge in [-0.25, -0.2) is 0 Å². The van der Waals surface area contributed by atoms with Crippen LogP contribution in [0.3, 0.4) is 0 Å². The van der Waals surface area contributed by atoms with Crippen LogP contribution in [-0.2, 0) is 0 Å². The van der Waals surface area contributed by atoms with Crippen LogP contribution in [0.4, 0.5) is 0 Å². The number of ether oxygens (including phenoxy) is 2. The summed E-state index contributed by atoms with van der Waals surface area (Å²) in [6.07, 6.45) is 4.96. The van der Waals surface area contributed by atoms with Crippen molar-refractivity contribution in [3.05, 3.63) is 23.8 Å². The average Bonchev–Trinajstić information content (AvgIpc) is 2.74. The number of hydrogen-bond donors (Lipinski definition) is 1. The molecule has 0 aliphatic carbocycles. The van der Waals surface area contributed by atoms with Gasteiger partial charge < -0.3 is 14.8 Å². The lowest BCUT2D eigenvalue weighted by Gasteiger charge is -2.30. The molecule has 1 saturated heterocycles. The molecule has 0 radical (unpaired) electrons. The molecule has 1 aromatic rings. The molecule has 0 amide bonds. The topological polar surface area (TPSA) is 30.5 Å². The maximum atomic E-state index is 5.81. The molecular weight excluding hydrogens is 270 g/mol. The van der Waals surface area contributed by atoms with Crippen LogP contribution in [0.1, 0.15) is 37.3 Å². The molecule has 2 aliphatic rings. The fourth-order valence-corrected chi connectivity index (χ4v) is 4.46. The second-order valence-corrected chi connectivity index (χ2v) is 6.78. The van der Waals surface area contributed by atoms with Crippen molar-refractivity contribution in [3.63, 3.8) is 0 Å². The first-order chi connectivity index (χ1) is 9.88. The predicted octanol–water partition coefficient (Wildman–Crippen LogP) is 3.39. The van der Waals surface area contributed by atoms with Crippen LogP contribution < -0.4 is 14.8 Å². The van der Waals surface area contributed by atoms with Gasteiger partial charge in [-0.15, -0.1) is 0 Å². The molecule has 0 bridgehead atoms. The van der Waals surface area contributed by atoms with Crippen LogP contribution in [0, 0.1) is 0 Å². The molecule has 0 aromatic heterocycles. The third-order valence-electron chi connectivity index (χ3n) is 4.03. The van der Waals surface area contributed by atoms with Gasteiger partial charge in [0.05, 0.1) is 13.2 Å². The molecule has 2 aliphatic heterocycles. The zero-order valence-corrected chi connectivity index (χ0v) is 12.9. The monoisotopic (exact) mass is 293 g/mol. The Morgan fingerprint density at radius 3 is 2.75 bits per heavy atom. The maximum absolute atomic E-state index is 5.81. The molecule has 2 heterocycles. The van der Waals surface area contributed by atoms with Gasteiger partial charge in [-0.05, 0) is 43.3 Å². The van der Waals surface area contributed by atoms with E-state index in [-0.39, 0.29) is 0 Å². The van der Waals surface area contributed by atoms with E-state index < -0.39 is 0 Å². The van der Waals surface area contributed by atoms with Gasteiger partial charge in [-0.2, -0.15) is 11.8 Å². The van der Waals surface area contributed by atoms with Crippen LogP contribution in [0.5, 0.6) is 11.5 Å². The fourth-order valence-electron chi connectivity index (χ4n) is 2.97. The van der Waals surface area contributed by atoms with Crippen LogP contribution in [0.15, 0.2) is 18.2 Å². The van der Waals surface area contributed by atoms with Gasteiger partial charge in [0, 0.05) is 17.7 Å². The minimum Gasteiger partial charge on any atom is -0.490 e. The second kappa shape index (κ2) is 6.72. The fraction of sp³-hybridized carbons (Fsp3) is 0.625. The van der Waals surface area contributed by atoms with Crippen molar-refractivity contribution in [2.45, 2.75) is 37.0 Å². The molecule has 2 unspecified atom stereocenters. The third-order valence-corrected chi connectivity index (χ3v) is 5.49. The summed E-state index contributed by atoms with van der Waals surface area (Å²) in [5.74, 6) is 3.08. The summed E-state index contributed by atoms with van der Waals surface area (Å²) in [7, 11) is 2.06. The highest BCUT2D eigenvalue weighted by molar-refractivity contribution is 8.00. The van der Waals surface area contributed by atoms with Crippen molar-refractivity contribution in [3.8, 4) is 11.5 Å². The summed E-state index contributed by atoms with van der Waals surface area (Å²) in [5.41, 5.74) is 1.32. The number of hydrogen-bond acceptors (Lipinski definition) is 4. The average molecular weight is 293 g/mol. The summed E-state index contributed by atoms with van der Waals surface area (Å²) in [6.45, 7) is 1.50. The maximum Gasteiger partial charge on any atom is 0.161 e. The molecule has 3 nitrogen and oxygen atoms in total. The summed E-state index contributed by atoms with van der Waals surface area (Å²) in [5, 5.41) is 4.16. The standard InChI is InChI=1S/C16H23NO2S/c1-17-16(15-5-2-3-10-20-15)12-6-7-13-14(11-12)19-9-4-8-18-13/h6-7,11,15-17H,2-5,8-10H2,1H3. The van der Waals surface area contributed by atoms with Gasteiger partial charge in [-0.1, -0.05) is 12.5 Å². The predicted molar refractivity (Wildman–Crippen MR) is 83.9 cm³/mol. The molecule has 1 N–H and O–H groups in total. The van der Waals surface area contributed by atoms with E-state index in [9.17, 15) is 0 Å². The van der Waals surface area contributed by atoms with Crippen LogP contribution >= 0.6 is 11.8 Å². The first kappa shape index (κ1) is 14.1. The van der Waals surface area contributed by atoms with E-state index in [1.165, 1.54) is 30.6 Å². The van der Waals surface area contributed by atoms with Gasteiger partial charge in [0.1, 0.15) is 0 Å². The Labute approximate surface area is 125 Å². The lowest BCUT2D eigenvalue weighted by atomic mass is 9.99. The van der Waals surface area contributed by atoms with Crippen molar-refractivity contribution in [2.75, 3.05) is 26.0 Å². The van der Waals surface area contributed by atoms with E-state index in [1.54, 1.807) is 0 Å². The molecule has 110 valence electrons. The normalized spacial score (nSPS) is 23.9. The Morgan fingerprint density at radius 1 is 1.15 bits per heavy atom. The second-order valence-electron chi connectivity index (χ2n) is 5.43. The van der Waals surface area contributed by atoms with E-state index >= 15 is 0 Å². The molecule has 0 saturated carbocycles. The Kier molecular flexibility index (Phi) is 4.73. The number of fused-ring (bicyclic) bond motifs is 1. The highest BCUT2D eigenvalue weighted by Crippen LogP contribution is 2.38. The van der Waals surface area contributed by atoms with Crippen molar-refractivity contribution in [1.82, 2.24) is 5.32 Å². The lowest BCUT2D eigenvalue weighted by Crippen LogP contribution is -2.29. The summed E-state index contributed by atoms with van der Waals surface area (Å²) < 4.78 is 11.5. The molecule has 3 rings (SSSR count). The Balaban J connectivity index is 1.82. The summed E-state index contributed by atoms with van der Waals surface area (Å²) in [4.78, 5) is 0. The van der Waals surface area contributed by atoms with Gasteiger partial charge >= 0.3 is 0 Å². The van der Waals surface area contributed by atoms with Gasteiger partial charge in [0.25, 0.3) is 0 Å². The van der Waals surface area contributed by atoms with E-state index in [2.05, 4.69) is 42.3 Å². The molecule has 20 heavy (non-hydrogen) atoms. The van der Waals surface area contributed by atoms with Crippen LogP contribution in [0.2, 0.25) is 0 Å². The van der Waals surface area contributed by atoms with Gasteiger partial charge in [0.2, 0.25) is 0 Å². The number of nitrogens with one attached hydrogen (secondary N) is 1. The summed E-state index contributed by atoms with van der Waals surface area (Å²) in [6, 6.07) is 6.81. The van der Waals surface area contributed by atoms with Crippen LogP contribution in [-0.4, -0.2) is 31.3 Å². The van der Waals surface area contributed by atoms with E-state index in [4.69, 9.17) is 9.47 Å². The van der Waals surface area contributed by atoms with Gasteiger partial charge in [-0.3, -0.25) is 0 Å². The van der Waals surface area contributed by atoms with Crippen molar-refractivity contribution >= 4 is 11.8 Å². The van der Waals surface area contributed by atoms with E-state index in [0.717, 1.165) is 31.1 Å². The minimum absolute atomic E-state index is 0.400. The Hall–Kier alpha value is -0.870. The number of benzene rings is 1. The van der Waals surface area contributed by atoms with E-state index in [1.807, 2.05) is 0 Å². The van der Waals surface area contributed by atoms with Crippen molar-refractivity contribution in [2.24, 2.45) is 0 Å². The van der Waals surface area contributed by atoms with E-state index in [0.29, 0.717) is 11.3 Å². The first-order valence-electron chi connectivity index (χ1n) is 7.57. The number of rotatable bonds is 3. The van der Waals surface area contributed by atoms with Crippen molar-refractivity contribution in [1.29, 1.82) is 0 Å². The quantitative estimate of drug-likeness (QED) is 0.925. The Morgan fingerprint density at radius 2 is 2.00 bits per heavy atom. The van der Waals surface area contributed by atoms with Crippen molar-refractivity contribution < 1.29 is 9.47 Å². The first-order valence-corrected chi connectivity index (χ1v) is 8.62. The summed E-state index contributed by atoms with van der Waals surface area (Å²) >= 11 is 2.10.